The van der Waals surface area contributed by atoms with Crippen LogP contribution in [0.15, 0.2) is 36.5 Å². The van der Waals surface area contributed by atoms with E-state index in [2.05, 4.69) is 53.5 Å². The lowest BCUT2D eigenvalue weighted by molar-refractivity contribution is 0.734. The Bertz CT molecular complexity index is 436. The summed E-state index contributed by atoms with van der Waals surface area (Å²) >= 11 is 0. The van der Waals surface area contributed by atoms with E-state index < -0.39 is 0 Å². The average Bonchev–Trinajstić information content (AvgIpc) is 2.39. The van der Waals surface area contributed by atoms with E-state index in [0.717, 1.165) is 17.7 Å². The zero-order valence-corrected chi connectivity index (χ0v) is 9.59. The fourth-order valence-corrected chi connectivity index (χ4v) is 1.61. The van der Waals surface area contributed by atoms with Crippen LogP contribution < -0.4 is 0 Å². The van der Waals surface area contributed by atoms with Gasteiger partial charge in [0, 0.05) is 5.56 Å². The summed E-state index contributed by atoms with van der Waals surface area (Å²) < 4.78 is 0. The molecule has 2 rings (SSSR count). The molecule has 0 fully saturated rings. The maximum absolute atomic E-state index is 3.98. The highest BCUT2D eigenvalue weighted by Crippen LogP contribution is 2.22. The second-order valence-electron chi connectivity index (χ2n) is 3.94. The molecular formula is C13H15N3. The standard InChI is InChI=1S/C13H15N3/c1-3-10(2)11-4-6-12(7-5-11)13-8-9-14-16-15-13/h4-10H,3H2,1-2H3. The lowest BCUT2D eigenvalue weighted by Crippen LogP contribution is -1.92. The van der Waals surface area contributed by atoms with Crippen LogP contribution in [0.25, 0.3) is 11.3 Å². The highest BCUT2D eigenvalue weighted by Gasteiger charge is 2.03. The highest BCUT2D eigenvalue weighted by atomic mass is 15.3. The Balaban J connectivity index is 2.26. The van der Waals surface area contributed by atoms with Crippen molar-refractivity contribution in [2.45, 2.75) is 26.2 Å². The van der Waals surface area contributed by atoms with Gasteiger partial charge < -0.3 is 0 Å². The van der Waals surface area contributed by atoms with Gasteiger partial charge in [-0.2, -0.15) is 0 Å². The van der Waals surface area contributed by atoms with Crippen LogP contribution in [0, 0.1) is 0 Å². The molecule has 0 bridgehead atoms. The number of rotatable bonds is 3. The third-order valence-corrected chi connectivity index (χ3v) is 2.89. The minimum atomic E-state index is 0.609. The number of nitrogens with zero attached hydrogens (tertiary/aromatic N) is 3. The summed E-state index contributed by atoms with van der Waals surface area (Å²) in [6.07, 6.45) is 2.82. The van der Waals surface area contributed by atoms with E-state index in [1.165, 1.54) is 5.56 Å². The molecule has 1 heterocycles. The smallest absolute Gasteiger partial charge is 0.0963 e. The van der Waals surface area contributed by atoms with Crippen LogP contribution >= 0.6 is 0 Å². The quantitative estimate of drug-likeness (QED) is 0.786. The molecule has 0 radical (unpaired) electrons. The summed E-state index contributed by atoms with van der Waals surface area (Å²) in [5, 5.41) is 11.3. The molecule has 1 aromatic carbocycles. The van der Waals surface area contributed by atoms with Gasteiger partial charge in [0.25, 0.3) is 0 Å². The second kappa shape index (κ2) is 4.84. The summed E-state index contributed by atoms with van der Waals surface area (Å²) in [5.41, 5.74) is 3.32. The second-order valence-corrected chi connectivity index (χ2v) is 3.94. The zero-order chi connectivity index (χ0) is 11.4. The largest absolute Gasteiger partial charge is 0.139 e. The van der Waals surface area contributed by atoms with Crippen molar-refractivity contribution >= 4 is 0 Å². The number of hydrogen-bond acceptors (Lipinski definition) is 3. The Morgan fingerprint density at radius 2 is 1.88 bits per heavy atom. The van der Waals surface area contributed by atoms with E-state index in [1.54, 1.807) is 6.20 Å². The van der Waals surface area contributed by atoms with Crippen molar-refractivity contribution in [1.82, 2.24) is 15.4 Å². The van der Waals surface area contributed by atoms with Crippen LogP contribution in [0.4, 0.5) is 0 Å². The number of hydrogen-bond donors (Lipinski definition) is 0. The highest BCUT2D eigenvalue weighted by molar-refractivity contribution is 5.58. The first-order chi connectivity index (χ1) is 7.81. The van der Waals surface area contributed by atoms with Crippen LogP contribution in [0.1, 0.15) is 31.7 Å². The molecule has 0 aliphatic rings. The van der Waals surface area contributed by atoms with E-state index in [4.69, 9.17) is 0 Å². The molecule has 1 aromatic heterocycles. The van der Waals surface area contributed by atoms with Gasteiger partial charge in [0.2, 0.25) is 0 Å². The van der Waals surface area contributed by atoms with Crippen molar-refractivity contribution in [3.63, 3.8) is 0 Å². The van der Waals surface area contributed by atoms with Gasteiger partial charge in [-0.1, -0.05) is 38.1 Å². The van der Waals surface area contributed by atoms with Crippen molar-refractivity contribution < 1.29 is 0 Å². The van der Waals surface area contributed by atoms with Gasteiger partial charge in [0.15, 0.2) is 0 Å². The Labute approximate surface area is 95.5 Å². The normalized spacial score (nSPS) is 12.4. The minimum Gasteiger partial charge on any atom is -0.139 e. The van der Waals surface area contributed by atoms with Gasteiger partial charge in [-0.15, -0.1) is 10.2 Å². The summed E-state index contributed by atoms with van der Waals surface area (Å²) in [7, 11) is 0. The van der Waals surface area contributed by atoms with Crippen LogP contribution in [-0.2, 0) is 0 Å². The third-order valence-electron chi connectivity index (χ3n) is 2.89. The fraction of sp³-hybridized carbons (Fsp3) is 0.308. The molecule has 0 aliphatic heterocycles. The predicted molar refractivity (Wildman–Crippen MR) is 64.0 cm³/mol. The summed E-state index contributed by atoms with van der Waals surface area (Å²) in [5.74, 6) is 0.609. The van der Waals surface area contributed by atoms with Crippen LogP contribution in [0.3, 0.4) is 0 Å². The van der Waals surface area contributed by atoms with E-state index in [-0.39, 0.29) is 0 Å². The van der Waals surface area contributed by atoms with Gasteiger partial charge in [-0.3, -0.25) is 0 Å². The van der Waals surface area contributed by atoms with Crippen molar-refractivity contribution in [2.75, 3.05) is 0 Å². The van der Waals surface area contributed by atoms with Crippen molar-refractivity contribution in [1.29, 1.82) is 0 Å². The molecule has 82 valence electrons. The average molecular weight is 213 g/mol. The Kier molecular flexibility index (Phi) is 3.25. The van der Waals surface area contributed by atoms with Crippen molar-refractivity contribution in [3.8, 4) is 11.3 Å². The van der Waals surface area contributed by atoms with Crippen LogP contribution in [-0.4, -0.2) is 15.4 Å². The molecule has 0 aliphatic carbocycles. The Morgan fingerprint density at radius 3 is 2.44 bits per heavy atom. The molecule has 0 amide bonds. The molecule has 0 saturated carbocycles. The SMILES string of the molecule is CCC(C)c1ccc(-c2ccnnn2)cc1. The van der Waals surface area contributed by atoms with Gasteiger partial charge in [0.05, 0.1) is 11.9 Å². The minimum absolute atomic E-state index is 0.609. The molecule has 1 unspecified atom stereocenters. The first-order valence-electron chi connectivity index (χ1n) is 5.56. The van der Waals surface area contributed by atoms with E-state index in [9.17, 15) is 0 Å². The van der Waals surface area contributed by atoms with Gasteiger partial charge in [0.1, 0.15) is 0 Å². The fourth-order valence-electron chi connectivity index (χ4n) is 1.61. The zero-order valence-electron chi connectivity index (χ0n) is 9.59. The van der Waals surface area contributed by atoms with Gasteiger partial charge in [-0.25, -0.2) is 0 Å². The monoisotopic (exact) mass is 213 g/mol. The molecule has 0 N–H and O–H groups in total. The van der Waals surface area contributed by atoms with E-state index in [1.807, 2.05) is 6.07 Å². The van der Waals surface area contributed by atoms with Crippen LogP contribution in [0.5, 0.6) is 0 Å². The lowest BCUT2D eigenvalue weighted by atomic mass is 9.97. The van der Waals surface area contributed by atoms with Crippen LogP contribution in [0.2, 0.25) is 0 Å². The molecule has 0 spiro atoms. The Morgan fingerprint density at radius 1 is 1.12 bits per heavy atom. The molecule has 3 heteroatoms. The lowest BCUT2D eigenvalue weighted by Gasteiger charge is -2.09. The first kappa shape index (κ1) is 10.7. The maximum Gasteiger partial charge on any atom is 0.0963 e. The molecule has 2 aromatic rings. The molecular weight excluding hydrogens is 198 g/mol. The number of aromatic nitrogens is 3. The molecule has 16 heavy (non-hydrogen) atoms. The summed E-state index contributed by atoms with van der Waals surface area (Å²) in [6, 6.07) is 10.4. The molecule has 0 saturated heterocycles. The Hall–Kier alpha value is -1.77. The van der Waals surface area contributed by atoms with Gasteiger partial charge >= 0.3 is 0 Å². The third kappa shape index (κ3) is 2.24. The van der Waals surface area contributed by atoms with E-state index in [0.29, 0.717) is 5.92 Å². The van der Waals surface area contributed by atoms with Crippen molar-refractivity contribution in [2.24, 2.45) is 0 Å². The number of benzene rings is 1. The predicted octanol–water partition coefficient (Wildman–Crippen LogP) is 3.05. The van der Waals surface area contributed by atoms with E-state index >= 15 is 0 Å². The van der Waals surface area contributed by atoms with Crippen molar-refractivity contribution in [3.05, 3.63) is 42.1 Å². The van der Waals surface area contributed by atoms with Gasteiger partial charge in [-0.05, 0) is 29.2 Å². The summed E-state index contributed by atoms with van der Waals surface area (Å²) in [6.45, 7) is 4.44. The molecule has 1 atom stereocenters. The molecule has 3 nitrogen and oxygen atoms in total. The summed E-state index contributed by atoms with van der Waals surface area (Å²) in [4.78, 5) is 0. The first-order valence-corrected chi connectivity index (χ1v) is 5.56. The maximum atomic E-state index is 3.98. The topological polar surface area (TPSA) is 38.7 Å².